The lowest BCUT2D eigenvalue weighted by Crippen LogP contribution is -2.46. The monoisotopic (exact) mass is 527 g/mol. The Hall–Kier alpha value is -5.22. The lowest BCUT2D eigenvalue weighted by atomic mass is 9.65. The summed E-state index contributed by atoms with van der Waals surface area (Å²) in [7, 11) is 0. The Morgan fingerprint density at radius 3 is 2.25 bits per heavy atom. The molecule has 1 spiro atoms. The zero-order valence-corrected chi connectivity index (χ0v) is 22.2. The topological polar surface area (TPSA) is 99.5 Å². The second kappa shape index (κ2) is 9.21. The van der Waals surface area contributed by atoms with Crippen LogP contribution in [-0.2, 0) is 14.3 Å². The van der Waals surface area contributed by atoms with Gasteiger partial charge in [0, 0.05) is 28.1 Å². The normalized spacial score (nSPS) is 19.6. The van der Waals surface area contributed by atoms with Crippen molar-refractivity contribution >= 4 is 34.7 Å². The molecule has 1 aliphatic carbocycles. The minimum absolute atomic E-state index is 0.0106. The van der Waals surface area contributed by atoms with Crippen LogP contribution in [0.15, 0.2) is 101 Å². The van der Waals surface area contributed by atoms with E-state index in [-0.39, 0.29) is 29.0 Å². The molecule has 196 valence electrons. The maximum atomic E-state index is 15.1. The van der Waals surface area contributed by atoms with Crippen LogP contribution in [0.1, 0.15) is 40.9 Å². The van der Waals surface area contributed by atoms with Gasteiger partial charge in [0.1, 0.15) is 0 Å². The second-order valence-electron chi connectivity index (χ2n) is 9.90. The maximum absolute atomic E-state index is 15.1. The Morgan fingerprint density at radius 1 is 0.950 bits per heavy atom. The molecule has 0 bridgehead atoms. The molecule has 1 atom stereocenters. The fourth-order valence-electron chi connectivity index (χ4n) is 5.99. The highest BCUT2D eigenvalue weighted by Gasteiger charge is 2.66. The number of anilines is 1. The molecular formula is C33H25N3O4. The number of allylic oxidation sites excluding steroid dienone is 1. The van der Waals surface area contributed by atoms with Gasteiger partial charge in [-0.05, 0) is 38.5 Å². The first kappa shape index (κ1) is 25.1. The molecule has 3 aliphatic rings. The number of carbonyl (C=O) groups excluding carboxylic acids is 3. The Kier molecular flexibility index (Phi) is 5.77. The van der Waals surface area contributed by atoms with Crippen LogP contribution in [0.25, 0.3) is 11.4 Å². The summed E-state index contributed by atoms with van der Waals surface area (Å²) in [5.41, 5.74) is 2.17. The predicted octanol–water partition coefficient (Wildman–Crippen LogP) is 5.31. The van der Waals surface area contributed by atoms with E-state index in [9.17, 15) is 14.9 Å². The van der Waals surface area contributed by atoms with Gasteiger partial charge < -0.3 is 10.1 Å². The summed E-state index contributed by atoms with van der Waals surface area (Å²) in [6, 6.07) is 25.6. The Balaban J connectivity index is 1.79. The van der Waals surface area contributed by atoms with Crippen molar-refractivity contribution < 1.29 is 19.1 Å². The summed E-state index contributed by atoms with van der Waals surface area (Å²) in [6.07, 6.45) is 0. The summed E-state index contributed by atoms with van der Waals surface area (Å²) in [4.78, 5) is 44.8. The highest BCUT2D eigenvalue weighted by Crippen LogP contribution is 2.60. The number of ether oxygens (including phenoxy) is 1. The van der Waals surface area contributed by atoms with Gasteiger partial charge in [0.25, 0.3) is 5.91 Å². The van der Waals surface area contributed by atoms with E-state index in [4.69, 9.17) is 4.74 Å². The van der Waals surface area contributed by atoms with Crippen molar-refractivity contribution in [3.05, 3.63) is 124 Å². The molecule has 0 fully saturated rings. The molecule has 3 aromatic carbocycles. The fourth-order valence-corrected chi connectivity index (χ4v) is 5.99. The Labute approximate surface area is 231 Å². The van der Waals surface area contributed by atoms with E-state index in [0.717, 1.165) is 5.56 Å². The van der Waals surface area contributed by atoms with Crippen LogP contribution in [0.4, 0.5) is 5.69 Å². The molecule has 2 aliphatic heterocycles. The first-order valence-corrected chi connectivity index (χ1v) is 13.0. The predicted molar refractivity (Wildman–Crippen MR) is 150 cm³/mol. The van der Waals surface area contributed by atoms with Crippen molar-refractivity contribution in [2.75, 3.05) is 11.5 Å². The molecule has 0 radical (unpaired) electrons. The molecule has 7 nitrogen and oxygen atoms in total. The van der Waals surface area contributed by atoms with Gasteiger partial charge in [-0.25, -0.2) is 4.79 Å². The zero-order chi connectivity index (χ0) is 28.2. The highest BCUT2D eigenvalue weighted by molar-refractivity contribution is 6.34. The van der Waals surface area contributed by atoms with Crippen LogP contribution >= 0.6 is 0 Å². The van der Waals surface area contributed by atoms with Gasteiger partial charge >= 0.3 is 5.97 Å². The number of hydrogen-bond acceptors (Lipinski definition) is 6. The molecule has 40 heavy (non-hydrogen) atoms. The lowest BCUT2D eigenvalue weighted by molar-refractivity contribution is -0.140. The standard InChI is InChI=1S/C33H25N3O4/c1-4-40-31(38)27-29(21-10-6-5-7-11-21)36(22-16-14-19(2)15-17-22)32(39)33(27)25(18-34)20(3)35-28-23-12-8-9-13-24(23)30(37)26(28)33/h5-17,35H,4H2,1-3H3. The van der Waals surface area contributed by atoms with Crippen molar-refractivity contribution in [1.29, 1.82) is 5.26 Å². The van der Waals surface area contributed by atoms with Crippen LogP contribution in [0, 0.1) is 23.7 Å². The van der Waals surface area contributed by atoms with E-state index in [0.29, 0.717) is 33.8 Å². The number of dihydropyridines is 1. The van der Waals surface area contributed by atoms with E-state index < -0.39 is 23.1 Å². The number of carbonyl (C=O) groups is 3. The van der Waals surface area contributed by atoms with Gasteiger partial charge in [-0.15, -0.1) is 0 Å². The van der Waals surface area contributed by atoms with E-state index in [1.165, 1.54) is 4.90 Å². The van der Waals surface area contributed by atoms with Crippen LogP contribution in [0.2, 0.25) is 0 Å². The summed E-state index contributed by atoms with van der Waals surface area (Å²) in [5, 5.41) is 13.8. The Bertz CT molecular complexity index is 1760. The summed E-state index contributed by atoms with van der Waals surface area (Å²) < 4.78 is 5.58. The SMILES string of the molecule is CCOC(=O)C1=C(c2ccccc2)N(c2ccc(C)cc2)C(=O)C12C(C#N)=C(C)NC1=C2C(=O)c2ccccc21. The lowest BCUT2D eigenvalue weighted by Gasteiger charge is -2.36. The molecule has 0 saturated heterocycles. The number of esters is 1. The molecule has 1 unspecified atom stereocenters. The molecular weight excluding hydrogens is 502 g/mol. The van der Waals surface area contributed by atoms with Gasteiger partial charge in [-0.3, -0.25) is 14.5 Å². The van der Waals surface area contributed by atoms with Gasteiger partial charge in [0.15, 0.2) is 11.2 Å². The van der Waals surface area contributed by atoms with Crippen LogP contribution < -0.4 is 10.2 Å². The average Bonchev–Trinajstić information content (AvgIpc) is 3.39. The first-order valence-electron chi connectivity index (χ1n) is 13.0. The van der Waals surface area contributed by atoms with E-state index >= 15 is 4.79 Å². The van der Waals surface area contributed by atoms with Crippen LogP contribution in [0.3, 0.4) is 0 Å². The van der Waals surface area contributed by atoms with Gasteiger partial charge in [0.2, 0.25) is 0 Å². The third-order valence-corrected chi connectivity index (χ3v) is 7.65. The number of nitriles is 1. The van der Waals surface area contributed by atoms with Crippen LogP contribution in [0.5, 0.6) is 0 Å². The number of hydrogen-bond donors (Lipinski definition) is 1. The van der Waals surface area contributed by atoms with Gasteiger partial charge in [0.05, 0.1) is 35.2 Å². The highest BCUT2D eigenvalue weighted by atomic mass is 16.5. The minimum atomic E-state index is -2.02. The molecule has 7 heteroatoms. The molecule has 1 amide bonds. The van der Waals surface area contributed by atoms with E-state index in [1.807, 2.05) is 43.3 Å². The maximum Gasteiger partial charge on any atom is 0.338 e. The number of nitrogens with zero attached hydrogens (tertiary/aromatic N) is 2. The summed E-state index contributed by atoms with van der Waals surface area (Å²) in [5.74, 6) is -1.75. The van der Waals surface area contributed by atoms with Crippen LogP contribution in [-0.4, -0.2) is 24.3 Å². The second-order valence-corrected chi connectivity index (χ2v) is 9.90. The Morgan fingerprint density at radius 2 is 1.60 bits per heavy atom. The molecule has 3 aromatic rings. The number of nitrogens with one attached hydrogen (secondary N) is 1. The largest absolute Gasteiger partial charge is 0.463 e. The third kappa shape index (κ3) is 3.26. The summed E-state index contributed by atoms with van der Waals surface area (Å²) >= 11 is 0. The number of fused-ring (bicyclic) bond motifs is 3. The van der Waals surface area contributed by atoms with Gasteiger partial charge in [-0.2, -0.15) is 5.26 Å². The van der Waals surface area contributed by atoms with Crippen molar-refractivity contribution in [2.45, 2.75) is 20.8 Å². The third-order valence-electron chi connectivity index (χ3n) is 7.65. The van der Waals surface area contributed by atoms with Crippen molar-refractivity contribution in [3.63, 3.8) is 0 Å². The molecule has 1 N–H and O–H groups in total. The number of rotatable bonds is 4. The van der Waals surface area contributed by atoms with Crippen molar-refractivity contribution in [2.24, 2.45) is 5.41 Å². The molecule has 0 saturated carbocycles. The quantitative estimate of drug-likeness (QED) is 0.462. The molecule has 2 heterocycles. The summed E-state index contributed by atoms with van der Waals surface area (Å²) in [6.45, 7) is 5.34. The van der Waals surface area contributed by atoms with E-state index in [1.54, 1.807) is 56.3 Å². The number of Topliss-reactive ketones (excluding diaryl/α,β-unsaturated/α-hetero) is 1. The number of ketones is 1. The van der Waals surface area contributed by atoms with E-state index in [2.05, 4.69) is 11.4 Å². The minimum Gasteiger partial charge on any atom is -0.463 e. The average molecular weight is 528 g/mol. The fraction of sp³-hybridized carbons (Fsp3) is 0.152. The number of amides is 1. The van der Waals surface area contributed by atoms with Crippen molar-refractivity contribution in [1.82, 2.24) is 5.32 Å². The molecule has 0 aromatic heterocycles. The number of benzene rings is 3. The smallest absolute Gasteiger partial charge is 0.338 e. The zero-order valence-electron chi connectivity index (χ0n) is 22.2. The number of aryl methyl sites for hydroxylation is 1. The van der Waals surface area contributed by atoms with Gasteiger partial charge in [-0.1, -0.05) is 72.3 Å². The first-order chi connectivity index (χ1) is 19.4. The molecule has 6 rings (SSSR count). The van der Waals surface area contributed by atoms with Crippen molar-refractivity contribution in [3.8, 4) is 6.07 Å².